The van der Waals surface area contributed by atoms with Gasteiger partial charge >= 0.3 is 0 Å². The lowest BCUT2D eigenvalue weighted by Gasteiger charge is -2.20. The van der Waals surface area contributed by atoms with Crippen molar-refractivity contribution in [3.8, 4) is 39.9 Å². The summed E-state index contributed by atoms with van der Waals surface area (Å²) in [5.41, 5.74) is 15.6. The average molecular weight is 841 g/mol. The second-order valence-corrected chi connectivity index (χ2v) is 17.0. The van der Waals surface area contributed by atoms with Gasteiger partial charge in [0.1, 0.15) is 0 Å². The summed E-state index contributed by atoms with van der Waals surface area (Å²) in [6.45, 7) is 0. The van der Waals surface area contributed by atoms with Crippen molar-refractivity contribution in [1.82, 2.24) is 23.3 Å². The Morgan fingerprint density at radius 1 is 0.333 bits per heavy atom. The Morgan fingerprint density at radius 3 is 1.17 bits per heavy atom. The maximum Gasteiger partial charge on any atom is 0.0991 e. The molecular weight excluding hydrogens is 805 g/mol. The van der Waals surface area contributed by atoms with E-state index in [2.05, 4.69) is 218 Å². The molecule has 0 saturated carbocycles. The van der Waals surface area contributed by atoms with Crippen LogP contribution in [0.4, 0.5) is 0 Å². The summed E-state index contributed by atoms with van der Waals surface area (Å²) < 4.78 is 9.67. The highest BCUT2D eigenvalue weighted by Gasteiger charge is 2.27. The van der Waals surface area contributed by atoms with Crippen LogP contribution in [-0.4, -0.2) is 23.3 Å². The van der Waals surface area contributed by atoms with Crippen LogP contribution < -0.4 is 0 Å². The average Bonchev–Trinajstić information content (AvgIpc) is 4.11. The highest BCUT2D eigenvalue weighted by atomic mass is 15.1. The molecule has 0 unspecified atom stereocenters. The molecule has 306 valence electrons. The van der Waals surface area contributed by atoms with E-state index in [1.54, 1.807) is 0 Å². The van der Waals surface area contributed by atoms with Gasteiger partial charge in [-0.15, -0.1) is 0 Å². The predicted octanol–water partition coefficient (Wildman–Crippen LogP) is 15.0. The number of hydrogen-bond acceptors (Lipinski definition) is 2. The molecule has 0 saturated heterocycles. The third kappa shape index (κ3) is 4.97. The number of nitriles is 1. The van der Waals surface area contributed by atoms with Crippen molar-refractivity contribution in [2.75, 3.05) is 0 Å². The van der Waals surface area contributed by atoms with Gasteiger partial charge in [-0.1, -0.05) is 133 Å². The van der Waals surface area contributed by atoms with E-state index in [4.69, 9.17) is 4.98 Å². The topological polar surface area (TPSA) is 56.4 Å². The van der Waals surface area contributed by atoms with Crippen molar-refractivity contribution in [2.24, 2.45) is 0 Å². The number of hydrogen-bond donors (Lipinski definition) is 0. The van der Waals surface area contributed by atoms with Crippen molar-refractivity contribution in [3.05, 3.63) is 224 Å². The van der Waals surface area contributed by atoms with E-state index in [1.807, 2.05) is 24.5 Å². The Balaban J connectivity index is 1.18. The van der Waals surface area contributed by atoms with E-state index in [-0.39, 0.29) is 0 Å². The number of aromatic nitrogens is 5. The summed E-state index contributed by atoms with van der Waals surface area (Å²) in [7, 11) is 0. The molecule has 0 atom stereocenters. The van der Waals surface area contributed by atoms with Crippen LogP contribution in [0.3, 0.4) is 0 Å². The zero-order valence-electron chi connectivity index (χ0n) is 35.5. The Kier molecular flexibility index (Phi) is 7.65. The van der Waals surface area contributed by atoms with E-state index in [0.29, 0.717) is 5.56 Å². The number of para-hydroxylation sites is 6. The fraction of sp³-hybridized carbons (Fsp3) is 0. The van der Waals surface area contributed by atoms with Crippen molar-refractivity contribution >= 4 is 87.2 Å². The molecule has 0 N–H and O–H groups in total. The highest BCUT2D eigenvalue weighted by Crippen LogP contribution is 2.47. The molecule has 0 fully saturated rings. The summed E-state index contributed by atoms with van der Waals surface area (Å²) in [4.78, 5) is 5.23. The smallest absolute Gasteiger partial charge is 0.0991 e. The van der Waals surface area contributed by atoms with Gasteiger partial charge in [0.25, 0.3) is 0 Å². The molecule has 0 aliphatic rings. The maximum atomic E-state index is 10.1. The predicted molar refractivity (Wildman–Crippen MR) is 272 cm³/mol. The molecule has 6 heteroatoms. The first kappa shape index (κ1) is 36.3. The van der Waals surface area contributed by atoms with E-state index in [1.165, 1.54) is 21.5 Å². The zero-order valence-corrected chi connectivity index (χ0v) is 35.5. The first-order chi connectivity index (χ1) is 32.8. The first-order valence-electron chi connectivity index (χ1n) is 22.3. The third-order valence-corrected chi connectivity index (χ3v) is 13.7. The summed E-state index contributed by atoms with van der Waals surface area (Å²) >= 11 is 0. The minimum atomic E-state index is 0.607. The number of nitrogens with zero attached hydrogens (tertiary/aromatic N) is 6. The monoisotopic (exact) mass is 840 g/mol. The van der Waals surface area contributed by atoms with Crippen LogP contribution in [0.2, 0.25) is 0 Å². The summed E-state index contributed by atoms with van der Waals surface area (Å²) in [6, 6.07) is 75.8. The molecule has 0 aliphatic heterocycles. The molecule has 14 rings (SSSR count). The molecular formula is C60H36N6. The van der Waals surface area contributed by atoms with Crippen molar-refractivity contribution < 1.29 is 0 Å². The molecule has 5 aromatic heterocycles. The third-order valence-electron chi connectivity index (χ3n) is 13.7. The van der Waals surface area contributed by atoms with Crippen LogP contribution in [-0.2, 0) is 0 Å². The molecule has 0 radical (unpaired) electrons. The largest absolute Gasteiger partial charge is 0.309 e. The second kappa shape index (κ2) is 13.9. The van der Waals surface area contributed by atoms with Crippen LogP contribution >= 0.6 is 0 Å². The standard InChI is InChI=1S/C60H36N6/c61-35-38-27-29-39(30-28-38)56-54(65-48-23-11-7-19-42(48)44-31-33-52-57(59(44)65)46-21-9-13-25-50(46)63(52)40-15-3-1-4-16-40)36-62-37-55(56)66-49-24-12-8-20-43(49)45-32-34-53-58(60(45)66)47-22-10-14-26-51(47)64(53)41-17-5-2-6-18-41/h1-34,36-37H. The summed E-state index contributed by atoms with van der Waals surface area (Å²) in [5, 5.41) is 19.4. The molecule has 66 heavy (non-hydrogen) atoms. The van der Waals surface area contributed by atoms with Crippen LogP contribution in [0.5, 0.6) is 0 Å². The quantitative estimate of drug-likeness (QED) is 0.173. The fourth-order valence-corrected chi connectivity index (χ4v) is 11.0. The van der Waals surface area contributed by atoms with E-state index in [9.17, 15) is 5.26 Å². The van der Waals surface area contributed by atoms with Gasteiger partial charge in [-0.3, -0.25) is 4.98 Å². The number of pyridine rings is 1. The lowest BCUT2D eigenvalue weighted by Crippen LogP contribution is -2.05. The van der Waals surface area contributed by atoms with E-state index < -0.39 is 0 Å². The van der Waals surface area contributed by atoms with Crippen molar-refractivity contribution in [2.45, 2.75) is 0 Å². The molecule has 0 bridgehead atoms. The lowest BCUT2D eigenvalue weighted by molar-refractivity contribution is 1.10. The zero-order chi connectivity index (χ0) is 43.5. The van der Waals surface area contributed by atoms with Crippen molar-refractivity contribution in [1.29, 1.82) is 5.26 Å². The number of rotatable bonds is 5. The van der Waals surface area contributed by atoms with Crippen LogP contribution in [0.15, 0.2) is 219 Å². The van der Waals surface area contributed by atoms with Gasteiger partial charge in [0.2, 0.25) is 0 Å². The lowest BCUT2D eigenvalue weighted by atomic mass is 10.0. The van der Waals surface area contributed by atoms with Gasteiger partial charge in [0.15, 0.2) is 0 Å². The number of fused-ring (bicyclic) bond motifs is 14. The molecule has 0 amide bonds. The maximum absolute atomic E-state index is 10.1. The Hall–Kier alpha value is -9.18. The molecule has 14 aromatic rings. The SMILES string of the molecule is N#Cc1ccc(-c2c(-n3c4ccccc4c4ccc5c(c6ccccc6n5-c5ccccc5)c43)cncc2-n2c3ccccc3c3ccc4c(c5ccccc5n4-c4ccccc4)c32)cc1. The van der Waals surface area contributed by atoms with Crippen molar-refractivity contribution in [3.63, 3.8) is 0 Å². The Bertz CT molecular complexity index is 4080. The van der Waals surface area contributed by atoms with Gasteiger partial charge in [-0.25, -0.2) is 0 Å². The highest BCUT2D eigenvalue weighted by molar-refractivity contribution is 6.28. The van der Waals surface area contributed by atoms with Crippen LogP contribution in [0, 0.1) is 11.3 Å². The first-order valence-corrected chi connectivity index (χ1v) is 22.3. The Labute approximate surface area is 378 Å². The molecule has 0 aliphatic carbocycles. The van der Waals surface area contributed by atoms with Crippen LogP contribution in [0.1, 0.15) is 5.56 Å². The normalized spacial score (nSPS) is 11.9. The molecule has 6 nitrogen and oxygen atoms in total. The second-order valence-electron chi connectivity index (χ2n) is 17.0. The van der Waals surface area contributed by atoms with Gasteiger partial charge in [-0.05, 0) is 78.4 Å². The van der Waals surface area contributed by atoms with Gasteiger partial charge in [-0.2, -0.15) is 5.26 Å². The van der Waals surface area contributed by atoms with Gasteiger partial charge in [0.05, 0.1) is 79.5 Å². The molecule has 5 heterocycles. The fourth-order valence-electron chi connectivity index (χ4n) is 11.0. The van der Waals surface area contributed by atoms with E-state index in [0.717, 1.165) is 99.6 Å². The minimum Gasteiger partial charge on any atom is -0.309 e. The van der Waals surface area contributed by atoms with E-state index >= 15 is 0 Å². The van der Waals surface area contributed by atoms with Gasteiger partial charge in [0, 0.05) is 60.0 Å². The number of benzene rings is 9. The van der Waals surface area contributed by atoms with Gasteiger partial charge < -0.3 is 18.3 Å². The molecule has 9 aromatic carbocycles. The summed E-state index contributed by atoms with van der Waals surface area (Å²) in [5.74, 6) is 0. The molecule has 0 spiro atoms. The Morgan fingerprint density at radius 2 is 0.727 bits per heavy atom. The summed E-state index contributed by atoms with van der Waals surface area (Å²) in [6.07, 6.45) is 4.06. The van der Waals surface area contributed by atoms with Crippen LogP contribution in [0.25, 0.3) is 121 Å². The minimum absolute atomic E-state index is 0.607.